The van der Waals surface area contributed by atoms with E-state index in [9.17, 15) is 4.79 Å². The first kappa shape index (κ1) is 28.2. The van der Waals surface area contributed by atoms with Crippen molar-refractivity contribution in [1.82, 2.24) is 19.7 Å². The van der Waals surface area contributed by atoms with Gasteiger partial charge in [0.15, 0.2) is 0 Å². The highest BCUT2D eigenvalue weighted by Gasteiger charge is 2.45. The van der Waals surface area contributed by atoms with Crippen LogP contribution in [0.5, 0.6) is 11.6 Å². The molecule has 3 aromatic rings. The number of oxime groups is 1. The number of rotatable bonds is 8. The summed E-state index contributed by atoms with van der Waals surface area (Å²) in [4.78, 5) is 25.4. The second-order valence-corrected chi connectivity index (χ2v) is 11.4. The number of piperidine rings is 1. The molecule has 0 aliphatic carbocycles. The Kier molecular flexibility index (Phi) is 8.67. The zero-order chi connectivity index (χ0) is 28.9. The first-order chi connectivity index (χ1) is 20.6. The summed E-state index contributed by atoms with van der Waals surface area (Å²) in [6.45, 7) is 6.95. The van der Waals surface area contributed by atoms with Gasteiger partial charge in [-0.3, -0.25) is 4.90 Å². The van der Waals surface area contributed by atoms with Gasteiger partial charge in [0.2, 0.25) is 5.88 Å². The molecule has 0 bridgehead atoms. The van der Waals surface area contributed by atoms with E-state index < -0.39 is 0 Å². The second kappa shape index (κ2) is 12.9. The van der Waals surface area contributed by atoms with Crippen LogP contribution in [0, 0.1) is 6.92 Å². The number of nitrogens with zero attached hydrogens (tertiary/aromatic N) is 5. The molecule has 1 unspecified atom stereocenters. The van der Waals surface area contributed by atoms with Gasteiger partial charge in [0.25, 0.3) is 0 Å². The fraction of sp³-hybridized carbons (Fsp3) is 0.424. The van der Waals surface area contributed by atoms with Crippen LogP contribution >= 0.6 is 0 Å². The van der Waals surface area contributed by atoms with E-state index in [1.165, 1.54) is 17.3 Å². The zero-order valence-corrected chi connectivity index (χ0v) is 24.1. The third-order valence-corrected chi connectivity index (χ3v) is 8.81. The molecular formula is C33H39N5O4. The minimum absolute atomic E-state index is 0.0936. The average molecular weight is 570 g/mol. The van der Waals surface area contributed by atoms with Crippen molar-refractivity contribution in [2.45, 2.75) is 57.3 Å². The maximum Gasteiger partial charge on any atom is 0.321 e. The number of urea groups is 1. The van der Waals surface area contributed by atoms with E-state index in [-0.39, 0.29) is 24.2 Å². The van der Waals surface area contributed by atoms with E-state index in [1.807, 2.05) is 43.3 Å². The number of amides is 2. The Morgan fingerprint density at radius 1 is 0.976 bits per heavy atom. The van der Waals surface area contributed by atoms with E-state index in [0.29, 0.717) is 11.6 Å². The van der Waals surface area contributed by atoms with Gasteiger partial charge < -0.3 is 24.5 Å². The van der Waals surface area contributed by atoms with Crippen molar-refractivity contribution in [3.05, 3.63) is 89.1 Å². The third kappa shape index (κ3) is 6.27. The molecular weight excluding hydrogens is 530 g/mol. The largest absolute Gasteiger partial charge is 0.439 e. The van der Waals surface area contributed by atoms with E-state index in [1.54, 1.807) is 0 Å². The first-order valence-corrected chi connectivity index (χ1v) is 14.9. The molecule has 0 radical (unpaired) electrons. The lowest BCUT2D eigenvalue weighted by Gasteiger charge is -2.39. The molecule has 0 saturated carbocycles. The number of pyridine rings is 1. The fourth-order valence-corrected chi connectivity index (χ4v) is 6.48. The topological polar surface area (TPSA) is 90.7 Å². The Balaban J connectivity index is 1.08. The first-order valence-electron chi connectivity index (χ1n) is 14.9. The molecule has 3 aliphatic rings. The van der Waals surface area contributed by atoms with Gasteiger partial charge in [0, 0.05) is 63.2 Å². The highest BCUT2D eigenvalue weighted by atomic mass is 16.5. The Hall–Kier alpha value is -3.95. The van der Waals surface area contributed by atoms with Crippen LogP contribution in [-0.4, -0.2) is 82.1 Å². The molecule has 220 valence electrons. The Labute approximate surface area is 247 Å². The summed E-state index contributed by atoms with van der Waals surface area (Å²) >= 11 is 0. The van der Waals surface area contributed by atoms with E-state index in [0.717, 1.165) is 76.3 Å². The van der Waals surface area contributed by atoms with Crippen molar-refractivity contribution in [2.75, 3.05) is 32.8 Å². The monoisotopic (exact) mass is 569 g/mol. The maximum atomic E-state index is 13.9. The van der Waals surface area contributed by atoms with Crippen LogP contribution in [0.3, 0.4) is 0 Å². The highest BCUT2D eigenvalue weighted by Crippen LogP contribution is 2.37. The number of hydrogen-bond donors (Lipinski definition) is 1. The van der Waals surface area contributed by atoms with Gasteiger partial charge in [-0.05, 0) is 73.6 Å². The van der Waals surface area contributed by atoms with Crippen LogP contribution in [0.4, 0.5) is 4.79 Å². The third-order valence-electron chi connectivity index (χ3n) is 8.81. The quantitative estimate of drug-likeness (QED) is 0.215. The van der Waals surface area contributed by atoms with Crippen molar-refractivity contribution in [3.8, 4) is 11.6 Å². The number of carbonyl (C=O) groups excluding carboxylic acids is 1. The molecule has 9 heteroatoms. The number of likely N-dealkylation sites (tertiary alicyclic amines) is 1. The van der Waals surface area contributed by atoms with Crippen molar-refractivity contribution in [2.24, 2.45) is 5.16 Å². The number of benzene rings is 2. The van der Waals surface area contributed by atoms with Crippen LogP contribution in [0.2, 0.25) is 0 Å². The van der Waals surface area contributed by atoms with Crippen molar-refractivity contribution < 1.29 is 19.5 Å². The van der Waals surface area contributed by atoms with E-state index >= 15 is 0 Å². The number of aromatic nitrogens is 1. The number of aryl methyl sites for hydroxylation is 1. The molecule has 0 spiro atoms. The minimum atomic E-state index is 0.0936. The van der Waals surface area contributed by atoms with Gasteiger partial charge in [-0.2, -0.15) is 0 Å². The molecule has 3 aliphatic heterocycles. The molecule has 1 aromatic heterocycles. The van der Waals surface area contributed by atoms with Crippen molar-refractivity contribution >= 4 is 12.2 Å². The maximum absolute atomic E-state index is 13.9. The summed E-state index contributed by atoms with van der Waals surface area (Å²) in [5.74, 6) is 1.22. The molecule has 42 heavy (non-hydrogen) atoms. The number of hydrogen-bond acceptors (Lipinski definition) is 7. The molecule has 4 heterocycles. The lowest BCUT2D eigenvalue weighted by atomic mass is 9.98. The molecule has 9 nitrogen and oxygen atoms in total. The van der Waals surface area contributed by atoms with E-state index in [4.69, 9.17) is 19.7 Å². The molecule has 1 atom stereocenters. The molecule has 3 fully saturated rings. The highest BCUT2D eigenvalue weighted by molar-refractivity contribution is 5.79. The predicted molar refractivity (Wildman–Crippen MR) is 160 cm³/mol. The van der Waals surface area contributed by atoms with Gasteiger partial charge in [-0.15, -0.1) is 0 Å². The Bertz CT molecular complexity index is 1370. The summed E-state index contributed by atoms with van der Waals surface area (Å²) in [6.07, 6.45) is 5.13. The molecule has 1 N–H and O–H groups in total. The SMILES string of the molecule is Cc1nc(Oc2ccc(C=NO)cc2)ccc1CN1CCC(N2C(=O)N(C3CCOCC3)CC2c2ccccc2)CC1. The molecule has 2 aromatic carbocycles. The summed E-state index contributed by atoms with van der Waals surface area (Å²) < 4.78 is 11.5. The van der Waals surface area contributed by atoms with Crippen LogP contribution in [0.15, 0.2) is 71.9 Å². The second-order valence-electron chi connectivity index (χ2n) is 11.4. The van der Waals surface area contributed by atoms with Crippen LogP contribution < -0.4 is 4.74 Å². The summed E-state index contributed by atoms with van der Waals surface area (Å²) in [6, 6.07) is 22.6. The van der Waals surface area contributed by atoms with Crippen LogP contribution in [-0.2, 0) is 11.3 Å². The van der Waals surface area contributed by atoms with Crippen molar-refractivity contribution in [3.63, 3.8) is 0 Å². The van der Waals surface area contributed by atoms with Crippen LogP contribution in [0.25, 0.3) is 0 Å². The van der Waals surface area contributed by atoms with Gasteiger partial charge >= 0.3 is 6.03 Å². The lowest BCUT2D eigenvalue weighted by molar-refractivity contribution is 0.0493. The summed E-state index contributed by atoms with van der Waals surface area (Å²) in [5.41, 5.74) is 4.14. The van der Waals surface area contributed by atoms with Gasteiger partial charge in [-0.1, -0.05) is 41.6 Å². The fourth-order valence-electron chi connectivity index (χ4n) is 6.48. The molecule has 2 amide bonds. The molecule has 6 rings (SSSR count). The minimum Gasteiger partial charge on any atom is -0.439 e. The smallest absolute Gasteiger partial charge is 0.321 e. The van der Waals surface area contributed by atoms with E-state index in [2.05, 4.69) is 50.2 Å². The lowest BCUT2D eigenvalue weighted by Crippen LogP contribution is -2.48. The summed E-state index contributed by atoms with van der Waals surface area (Å²) in [7, 11) is 0. The standard InChI is InChI=1S/C33H39N5O4/c1-24-27(9-12-32(35-24)42-30-10-7-25(8-11-30)21-34-40)22-36-17-13-29(14-18-36)38-31(26-5-3-2-4-6-26)23-37(33(38)39)28-15-19-41-20-16-28/h2-12,21,28-29,31,40H,13-20,22-23H2,1H3. The predicted octanol–water partition coefficient (Wildman–Crippen LogP) is 5.61. The Morgan fingerprint density at radius 2 is 1.71 bits per heavy atom. The number of ether oxygens (including phenoxy) is 2. The van der Waals surface area contributed by atoms with Crippen molar-refractivity contribution in [1.29, 1.82) is 0 Å². The molecule has 3 saturated heterocycles. The summed E-state index contributed by atoms with van der Waals surface area (Å²) in [5, 5.41) is 11.7. The Morgan fingerprint density at radius 3 is 2.40 bits per heavy atom. The van der Waals surface area contributed by atoms with Gasteiger partial charge in [0.1, 0.15) is 5.75 Å². The van der Waals surface area contributed by atoms with Crippen LogP contribution in [0.1, 0.15) is 54.1 Å². The number of carbonyl (C=O) groups is 1. The zero-order valence-electron chi connectivity index (χ0n) is 24.1. The normalized spacial score (nSPS) is 21.0. The van der Waals surface area contributed by atoms with Gasteiger partial charge in [-0.25, -0.2) is 9.78 Å². The average Bonchev–Trinajstić information content (AvgIpc) is 3.38. The van der Waals surface area contributed by atoms with Gasteiger partial charge in [0.05, 0.1) is 12.3 Å².